The minimum absolute atomic E-state index is 0.409. The molecule has 1 unspecified atom stereocenters. The summed E-state index contributed by atoms with van der Waals surface area (Å²) in [5, 5.41) is 1.17. The third-order valence-corrected chi connectivity index (χ3v) is 5.69. The van der Waals surface area contributed by atoms with Crippen molar-refractivity contribution in [3.8, 4) is 0 Å². The minimum Gasteiger partial charge on any atom is -0.252 e. The summed E-state index contributed by atoms with van der Waals surface area (Å²) in [5.41, 5.74) is 4.76. The van der Waals surface area contributed by atoms with E-state index >= 15 is 0 Å². The fraction of sp³-hybridized carbons (Fsp3) is 0.150. The van der Waals surface area contributed by atoms with Gasteiger partial charge in [-0.3, -0.25) is 4.99 Å². The quantitative estimate of drug-likeness (QED) is 0.634. The van der Waals surface area contributed by atoms with Crippen LogP contribution in [0.15, 0.2) is 82.2 Å². The summed E-state index contributed by atoms with van der Waals surface area (Å²) < 4.78 is 0. The van der Waals surface area contributed by atoms with Crippen molar-refractivity contribution in [2.75, 3.05) is 0 Å². The van der Waals surface area contributed by atoms with E-state index in [-0.39, 0.29) is 0 Å². The maximum Gasteiger partial charge on any atom is 0.0769 e. The van der Waals surface area contributed by atoms with Gasteiger partial charge in [0.1, 0.15) is 0 Å². The molecule has 114 valence electrons. The highest BCUT2D eigenvalue weighted by Gasteiger charge is 2.23. The Morgan fingerprint density at radius 2 is 1.87 bits per heavy atom. The van der Waals surface area contributed by atoms with Gasteiger partial charge in [0, 0.05) is 27.3 Å². The number of rotatable bonds is 2. The first-order valence-corrected chi connectivity index (χ1v) is 9.01. The monoisotopic (exact) mass is 337 g/mol. The summed E-state index contributed by atoms with van der Waals surface area (Å²) in [6.07, 6.45) is 8.78. The van der Waals surface area contributed by atoms with E-state index in [0.29, 0.717) is 5.25 Å². The second-order valence-electron chi connectivity index (χ2n) is 5.69. The Morgan fingerprint density at radius 1 is 1.04 bits per heavy atom. The highest BCUT2D eigenvalue weighted by molar-refractivity contribution is 8.00. The van der Waals surface area contributed by atoms with Gasteiger partial charge in [0.15, 0.2) is 0 Å². The molecule has 2 aromatic carbocycles. The van der Waals surface area contributed by atoms with E-state index < -0.39 is 0 Å². The van der Waals surface area contributed by atoms with Crippen molar-refractivity contribution in [2.24, 2.45) is 4.99 Å². The number of benzene rings is 2. The summed E-state index contributed by atoms with van der Waals surface area (Å²) in [6.45, 7) is 0. The zero-order valence-electron chi connectivity index (χ0n) is 12.6. The Hall–Kier alpha value is -1.77. The topological polar surface area (TPSA) is 12.4 Å². The normalized spacial score (nSPS) is 19.8. The van der Waals surface area contributed by atoms with Crippen molar-refractivity contribution in [1.29, 1.82) is 0 Å². The fourth-order valence-corrected chi connectivity index (χ4v) is 4.31. The molecule has 0 bridgehead atoms. The summed E-state index contributed by atoms with van der Waals surface area (Å²) in [4.78, 5) is 6.21. The van der Waals surface area contributed by atoms with E-state index in [1.807, 2.05) is 23.9 Å². The predicted molar refractivity (Wildman–Crippen MR) is 100 cm³/mol. The zero-order valence-corrected chi connectivity index (χ0v) is 14.1. The Labute approximate surface area is 145 Å². The summed E-state index contributed by atoms with van der Waals surface area (Å²) in [6, 6.07) is 16.4. The van der Waals surface area contributed by atoms with Crippen LogP contribution in [0.25, 0.3) is 0 Å². The molecule has 1 aliphatic heterocycles. The van der Waals surface area contributed by atoms with E-state index in [0.717, 1.165) is 34.8 Å². The van der Waals surface area contributed by atoms with Crippen LogP contribution < -0.4 is 0 Å². The van der Waals surface area contributed by atoms with E-state index in [1.54, 1.807) is 0 Å². The summed E-state index contributed by atoms with van der Waals surface area (Å²) in [7, 11) is 0. The van der Waals surface area contributed by atoms with E-state index in [9.17, 15) is 0 Å². The molecule has 1 atom stereocenters. The molecule has 0 fully saturated rings. The summed E-state index contributed by atoms with van der Waals surface area (Å²) in [5.74, 6) is 0. The summed E-state index contributed by atoms with van der Waals surface area (Å²) >= 11 is 7.95. The third-order valence-electron chi connectivity index (χ3n) is 4.12. The molecular weight excluding hydrogens is 322 g/mol. The molecule has 1 aliphatic carbocycles. The van der Waals surface area contributed by atoms with Gasteiger partial charge in [-0.25, -0.2) is 0 Å². The number of thioether (sulfide) groups is 1. The third kappa shape index (κ3) is 3.15. The molecule has 0 radical (unpaired) electrons. The molecule has 0 amide bonds. The van der Waals surface area contributed by atoms with Crippen LogP contribution in [-0.4, -0.2) is 11.0 Å². The number of nitrogens with zero attached hydrogens (tertiary/aromatic N) is 1. The molecule has 0 saturated heterocycles. The fourth-order valence-electron chi connectivity index (χ4n) is 2.94. The first kappa shape index (κ1) is 14.8. The van der Waals surface area contributed by atoms with Crippen LogP contribution >= 0.6 is 23.4 Å². The van der Waals surface area contributed by atoms with Gasteiger partial charge in [0.05, 0.1) is 5.69 Å². The number of allylic oxidation sites excluding steroid dienone is 3. The molecule has 1 nitrogen and oxygen atoms in total. The van der Waals surface area contributed by atoms with Gasteiger partial charge in [-0.2, -0.15) is 0 Å². The number of aliphatic imine (C=N–C) groups is 1. The van der Waals surface area contributed by atoms with Gasteiger partial charge < -0.3 is 0 Å². The Morgan fingerprint density at radius 3 is 2.65 bits per heavy atom. The maximum atomic E-state index is 6.03. The lowest BCUT2D eigenvalue weighted by atomic mass is 10.0. The highest BCUT2D eigenvalue weighted by atomic mass is 35.5. The van der Waals surface area contributed by atoms with Crippen molar-refractivity contribution in [2.45, 2.75) is 23.0 Å². The van der Waals surface area contributed by atoms with Crippen molar-refractivity contribution in [3.63, 3.8) is 0 Å². The van der Waals surface area contributed by atoms with E-state index in [1.165, 1.54) is 10.5 Å². The van der Waals surface area contributed by atoms with Crippen molar-refractivity contribution >= 4 is 34.8 Å². The molecule has 2 aromatic rings. The molecule has 0 aromatic heterocycles. The second-order valence-corrected chi connectivity index (χ2v) is 7.37. The number of hydrogen-bond donors (Lipinski definition) is 0. The average Bonchev–Trinajstić information content (AvgIpc) is 3.03. The Balaban J connectivity index is 1.78. The lowest BCUT2D eigenvalue weighted by Gasteiger charge is -2.16. The van der Waals surface area contributed by atoms with Gasteiger partial charge >= 0.3 is 0 Å². The van der Waals surface area contributed by atoms with E-state index in [2.05, 4.69) is 54.6 Å². The first-order valence-electron chi connectivity index (χ1n) is 7.75. The van der Waals surface area contributed by atoms with Gasteiger partial charge in [0.2, 0.25) is 0 Å². The molecule has 0 spiro atoms. The smallest absolute Gasteiger partial charge is 0.0769 e. The maximum absolute atomic E-state index is 6.03. The number of fused-ring (bicyclic) bond motifs is 1. The highest BCUT2D eigenvalue weighted by Crippen LogP contribution is 2.41. The second kappa shape index (κ2) is 6.38. The lowest BCUT2D eigenvalue weighted by Crippen LogP contribution is -2.11. The van der Waals surface area contributed by atoms with Crippen molar-refractivity contribution in [3.05, 3.63) is 82.9 Å². The van der Waals surface area contributed by atoms with Gasteiger partial charge in [-0.05, 0) is 41.8 Å². The Kier molecular flexibility index (Phi) is 4.11. The van der Waals surface area contributed by atoms with Gasteiger partial charge in [-0.1, -0.05) is 54.1 Å². The molecule has 3 heteroatoms. The van der Waals surface area contributed by atoms with Crippen LogP contribution in [-0.2, 0) is 0 Å². The van der Waals surface area contributed by atoms with Crippen LogP contribution in [0.2, 0.25) is 5.02 Å². The molecular formula is C20H16ClNS. The van der Waals surface area contributed by atoms with Crippen LogP contribution in [0, 0.1) is 0 Å². The first-order chi connectivity index (χ1) is 11.3. The average molecular weight is 338 g/mol. The molecule has 1 heterocycles. The molecule has 23 heavy (non-hydrogen) atoms. The van der Waals surface area contributed by atoms with Crippen molar-refractivity contribution in [1.82, 2.24) is 0 Å². The number of halogens is 1. The van der Waals surface area contributed by atoms with E-state index in [4.69, 9.17) is 16.6 Å². The molecule has 0 N–H and O–H groups in total. The molecule has 4 rings (SSSR count). The predicted octanol–water partition coefficient (Wildman–Crippen LogP) is 6.21. The van der Waals surface area contributed by atoms with Crippen LogP contribution in [0.4, 0.5) is 5.69 Å². The number of hydrogen-bond acceptors (Lipinski definition) is 2. The van der Waals surface area contributed by atoms with Crippen molar-refractivity contribution < 1.29 is 0 Å². The lowest BCUT2D eigenvalue weighted by molar-refractivity contribution is 1.07. The van der Waals surface area contributed by atoms with Crippen LogP contribution in [0.1, 0.15) is 18.4 Å². The van der Waals surface area contributed by atoms with Crippen LogP contribution in [0.3, 0.4) is 0 Å². The minimum atomic E-state index is 0.409. The van der Waals surface area contributed by atoms with Gasteiger partial charge in [-0.15, -0.1) is 11.8 Å². The Bertz CT molecular complexity index is 818. The van der Waals surface area contributed by atoms with Crippen LogP contribution in [0.5, 0.6) is 0 Å². The van der Waals surface area contributed by atoms with Gasteiger partial charge in [0.25, 0.3) is 0 Å². The molecule has 2 aliphatic rings. The largest absolute Gasteiger partial charge is 0.252 e. The zero-order chi connectivity index (χ0) is 15.6. The number of para-hydroxylation sites is 1. The SMILES string of the molecule is Clc1ccc(C2=Nc3ccccc3SC(C3=CCC=C3)C2)cc1. The standard InChI is InChI=1S/C20H16ClNS/c21-16-11-9-14(10-12-16)18-13-20(15-5-1-2-6-15)23-19-8-4-3-7-17(19)22-18/h1,3-12,20H,2,13H2. The molecule has 0 saturated carbocycles.